The van der Waals surface area contributed by atoms with Crippen LogP contribution in [0.3, 0.4) is 0 Å². The second kappa shape index (κ2) is 5.99. The molecule has 0 saturated heterocycles. The minimum absolute atomic E-state index is 0.778. The van der Waals surface area contributed by atoms with Gasteiger partial charge < -0.3 is 5.32 Å². The summed E-state index contributed by atoms with van der Waals surface area (Å²) in [6.07, 6.45) is 0. The van der Waals surface area contributed by atoms with Gasteiger partial charge in [-0.3, -0.25) is 0 Å². The van der Waals surface area contributed by atoms with Gasteiger partial charge in [0.15, 0.2) is 4.34 Å². The van der Waals surface area contributed by atoms with Crippen molar-refractivity contribution >= 4 is 39.1 Å². The van der Waals surface area contributed by atoms with Crippen molar-refractivity contribution in [2.75, 3.05) is 11.9 Å². The van der Waals surface area contributed by atoms with Gasteiger partial charge in [-0.1, -0.05) is 12.1 Å². The van der Waals surface area contributed by atoms with Gasteiger partial charge in [0.05, 0.1) is 10.2 Å². The molecule has 3 rings (SSSR count). The van der Waals surface area contributed by atoms with E-state index in [1.807, 2.05) is 32.0 Å². The smallest absolute Gasteiger partial charge is 0.157 e. The number of hydrogen-bond donors (Lipinski definition) is 1. The molecule has 0 aliphatic carbocycles. The molecule has 0 bridgehead atoms. The van der Waals surface area contributed by atoms with Crippen molar-refractivity contribution < 1.29 is 0 Å². The lowest BCUT2D eigenvalue weighted by atomic mass is 10.3. The summed E-state index contributed by atoms with van der Waals surface area (Å²) < 4.78 is 2.22. The number of para-hydroxylation sites is 1. The van der Waals surface area contributed by atoms with E-state index in [1.165, 1.54) is 4.70 Å². The number of rotatable bonds is 4. The highest BCUT2D eigenvalue weighted by Gasteiger charge is 2.12. The molecule has 1 aromatic carbocycles. The highest BCUT2D eigenvalue weighted by Crippen LogP contribution is 2.36. The maximum absolute atomic E-state index is 4.66. The maximum atomic E-state index is 4.66. The molecule has 1 N–H and O–H groups in total. The van der Waals surface area contributed by atoms with Crippen LogP contribution in [0.15, 0.2) is 33.6 Å². The number of hydrogen-bond acceptors (Lipinski definition) is 6. The Kier molecular flexibility index (Phi) is 4.07. The fraction of sp³-hybridized carbons (Fsp3) is 0.267. The largest absolute Gasteiger partial charge is 0.370 e. The van der Waals surface area contributed by atoms with Gasteiger partial charge in [0.1, 0.15) is 16.7 Å². The van der Waals surface area contributed by atoms with E-state index in [1.54, 1.807) is 23.1 Å². The molecule has 2 aromatic heterocycles. The molecule has 4 nitrogen and oxygen atoms in total. The number of aryl methyl sites for hydroxylation is 1. The highest BCUT2D eigenvalue weighted by atomic mass is 32.2. The molecule has 0 unspecified atom stereocenters. The van der Waals surface area contributed by atoms with E-state index in [0.29, 0.717) is 0 Å². The number of thiazole rings is 1. The molecular weight excluding hydrogens is 300 g/mol. The van der Waals surface area contributed by atoms with E-state index >= 15 is 0 Å². The Morgan fingerprint density at radius 3 is 2.71 bits per heavy atom. The number of fused-ring (bicyclic) bond motifs is 1. The summed E-state index contributed by atoms with van der Waals surface area (Å²) in [7, 11) is 0. The predicted octanol–water partition coefficient (Wildman–Crippen LogP) is 4.29. The fourth-order valence-corrected chi connectivity index (χ4v) is 4.13. The number of nitrogens with zero attached hydrogens (tertiary/aromatic N) is 3. The number of anilines is 1. The second-order valence-electron chi connectivity index (χ2n) is 4.63. The summed E-state index contributed by atoms with van der Waals surface area (Å²) >= 11 is 3.31. The summed E-state index contributed by atoms with van der Waals surface area (Å²) in [6, 6.07) is 8.19. The molecule has 0 amide bonds. The van der Waals surface area contributed by atoms with E-state index in [2.05, 4.69) is 33.3 Å². The topological polar surface area (TPSA) is 50.7 Å². The lowest BCUT2D eigenvalue weighted by Crippen LogP contribution is -2.05. The monoisotopic (exact) mass is 316 g/mol. The van der Waals surface area contributed by atoms with Crippen LogP contribution in [0.25, 0.3) is 10.2 Å². The van der Waals surface area contributed by atoms with Crippen LogP contribution < -0.4 is 5.32 Å². The fourth-order valence-electron chi connectivity index (χ4n) is 2.02. The van der Waals surface area contributed by atoms with Gasteiger partial charge in [0.25, 0.3) is 0 Å². The van der Waals surface area contributed by atoms with Gasteiger partial charge in [-0.2, -0.15) is 0 Å². The Morgan fingerprint density at radius 2 is 1.95 bits per heavy atom. The van der Waals surface area contributed by atoms with Crippen LogP contribution >= 0.6 is 23.1 Å². The zero-order chi connectivity index (χ0) is 14.8. The standard InChI is InChI=1S/C15H16N4S2/c1-4-16-13-9(2)14(18-10(3)17-13)21-15-19-11-7-5-6-8-12(11)20-15/h5-8H,4H2,1-3H3,(H,16,17,18). The summed E-state index contributed by atoms with van der Waals surface area (Å²) in [5.74, 6) is 1.69. The average molecular weight is 316 g/mol. The highest BCUT2D eigenvalue weighted by molar-refractivity contribution is 8.01. The summed E-state index contributed by atoms with van der Waals surface area (Å²) in [5, 5.41) is 4.26. The van der Waals surface area contributed by atoms with E-state index < -0.39 is 0 Å². The van der Waals surface area contributed by atoms with Crippen molar-refractivity contribution in [2.45, 2.75) is 30.1 Å². The Balaban J connectivity index is 1.97. The molecule has 0 atom stereocenters. The third-order valence-electron chi connectivity index (χ3n) is 3.02. The van der Waals surface area contributed by atoms with Crippen LogP contribution in [0.1, 0.15) is 18.3 Å². The molecule has 2 heterocycles. The summed E-state index contributed by atoms with van der Waals surface area (Å²) in [6.45, 7) is 6.88. The lowest BCUT2D eigenvalue weighted by molar-refractivity contribution is 0.932. The van der Waals surface area contributed by atoms with Gasteiger partial charge in [0.2, 0.25) is 0 Å². The molecule has 108 valence electrons. The van der Waals surface area contributed by atoms with Gasteiger partial charge in [-0.25, -0.2) is 15.0 Å². The molecule has 0 saturated carbocycles. The van der Waals surface area contributed by atoms with E-state index in [0.717, 1.165) is 38.6 Å². The normalized spacial score (nSPS) is 11.0. The molecule has 0 spiro atoms. The third-order valence-corrected chi connectivity index (χ3v) is 5.20. The first-order valence-corrected chi connectivity index (χ1v) is 8.43. The third kappa shape index (κ3) is 3.01. The van der Waals surface area contributed by atoms with Crippen molar-refractivity contribution in [3.63, 3.8) is 0 Å². The molecular formula is C15H16N4S2. The number of nitrogens with one attached hydrogen (secondary N) is 1. The first-order valence-electron chi connectivity index (χ1n) is 6.80. The Hall–Kier alpha value is -1.66. The van der Waals surface area contributed by atoms with Crippen molar-refractivity contribution in [3.05, 3.63) is 35.7 Å². The van der Waals surface area contributed by atoms with E-state index in [4.69, 9.17) is 0 Å². The minimum Gasteiger partial charge on any atom is -0.370 e. The zero-order valence-electron chi connectivity index (χ0n) is 12.2. The summed E-state index contributed by atoms with van der Waals surface area (Å²) in [4.78, 5) is 13.7. The van der Waals surface area contributed by atoms with Crippen LogP contribution in [0.5, 0.6) is 0 Å². The SMILES string of the molecule is CCNc1nc(C)nc(Sc2nc3ccccc3s2)c1C. The average Bonchev–Trinajstić information content (AvgIpc) is 2.86. The Labute approximate surface area is 132 Å². The molecule has 3 aromatic rings. The van der Waals surface area contributed by atoms with Crippen LogP contribution in [-0.4, -0.2) is 21.5 Å². The van der Waals surface area contributed by atoms with Crippen LogP contribution in [0.2, 0.25) is 0 Å². The van der Waals surface area contributed by atoms with Crippen molar-refractivity contribution in [2.24, 2.45) is 0 Å². The minimum atomic E-state index is 0.778. The Morgan fingerprint density at radius 1 is 1.14 bits per heavy atom. The predicted molar refractivity (Wildman–Crippen MR) is 89.4 cm³/mol. The molecule has 0 aliphatic heterocycles. The van der Waals surface area contributed by atoms with Crippen molar-refractivity contribution in [1.29, 1.82) is 0 Å². The van der Waals surface area contributed by atoms with Crippen LogP contribution in [-0.2, 0) is 0 Å². The second-order valence-corrected chi connectivity index (χ2v) is 6.90. The lowest BCUT2D eigenvalue weighted by Gasteiger charge is -2.10. The van der Waals surface area contributed by atoms with E-state index in [9.17, 15) is 0 Å². The zero-order valence-corrected chi connectivity index (χ0v) is 13.8. The van der Waals surface area contributed by atoms with E-state index in [-0.39, 0.29) is 0 Å². The molecule has 21 heavy (non-hydrogen) atoms. The van der Waals surface area contributed by atoms with Crippen molar-refractivity contribution in [3.8, 4) is 0 Å². The van der Waals surface area contributed by atoms with Gasteiger partial charge in [-0.05, 0) is 44.7 Å². The molecule has 0 radical (unpaired) electrons. The first kappa shape index (κ1) is 14.3. The van der Waals surface area contributed by atoms with Gasteiger partial charge >= 0.3 is 0 Å². The maximum Gasteiger partial charge on any atom is 0.157 e. The van der Waals surface area contributed by atoms with Gasteiger partial charge in [-0.15, -0.1) is 11.3 Å². The number of aromatic nitrogens is 3. The number of benzene rings is 1. The van der Waals surface area contributed by atoms with Crippen LogP contribution in [0, 0.1) is 13.8 Å². The summed E-state index contributed by atoms with van der Waals surface area (Å²) in [5.41, 5.74) is 2.12. The molecule has 0 aliphatic rings. The first-order chi connectivity index (χ1) is 10.2. The van der Waals surface area contributed by atoms with Crippen LogP contribution in [0.4, 0.5) is 5.82 Å². The molecule has 0 fully saturated rings. The molecule has 6 heteroatoms. The van der Waals surface area contributed by atoms with Crippen molar-refractivity contribution in [1.82, 2.24) is 15.0 Å². The van der Waals surface area contributed by atoms with Gasteiger partial charge in [0, 0.05) is 12.1 Å². The quantitative estimate of drug-likeness (QED) is 0.728. The Bertz CT molecular complexity index is 749.